The molecule has 0 aliphatic heterocycles. The molecule has 2 nitrogen and oxygen atoms in total. The van der Waals surface area contributed by atoms with Crippen LogP contribution in [0.1, 0.15) is 17.2 Å². The second-order valence-corrected chi connectivity index (χ2v) is 4.09. The summed E-state index contributed by atoms with van der Waals surface area (Å²) in [5.74, 6) is -1.36. The fourth-order valence-electron chi connectivity index (χ4n) is 1.79. The number of aromatic hydroxyl groups is 1. The lowest BCUT2D eigenvalue weighted by molar-refractivity contribution is 0.177. The van der Waals surface area contributed by atoms with Crippen LogP contribution in [0.25, 0.3) is 0 Å². The van der Waals surface area contributed by atoms with E-state index < -0.39 is 17.7 Å². The van der Waals surface area contributed by atoms with E-state index in [-0.39, 0.29) is 17.7 Å². The number of hydrogen-bond acceptors (Lipinski definition) is 2. The topological polar surface area (TPSA) is 40.5 Å². The molecule has 0 saturated heterocycles. The second kappa shape index (κ2) is 5.14. The third-order valence-corrected chi connectivity index (χ3v) is 2.61. The minimum Gasteiger partial charge on any atom is -0.508 e. The molecule has 1 atom stereocenters. The lowest BCUT2D eigenvalue weighted by atomic mass is 10.0. The summed E-state index contributed by atoms with van der Waals surface area (Å²) in [6.45, 7) is 0. The molecular weight excluding hydrogens is 238 g/mol. The maximum Gasteiger partial charge on any atom is 0.126 e. The summed E-state index contributed by atoms with van der Waals surface area (Å²) in [6, 6.07) is 9.32. The van der Waals surface area contributed by atoms with Gasteiger partial charge in [0.05, 0.1) is 6.10 Å². The van der Waals surface area contributed by atoms with Crippen LogP contribution in [0.3, 0.4) is 0 Å². The highest BCUT2D eigenvalue weighted by Crippen LogP contribution is 2.22. The van der Waals surface area contributed by atoms with Gasteiger partial charge >= 0.3 is 0 Å². The predicted octanol–water partition coefficient (Wildman–Crippen LogP) is 2.95. The highest BCUT2D eigenvalue weighted by atomic mass is 19.1. The van der Waals surface area contributed by atoms with Gasteiger partial charge in [-0.2, -0.15) is 0 Å². The summed E-state index contributed by atoms with van der Waals surface area (Å²) >= 11 is 0. The molecule has 0 aliphatic carbocycles. The molecule has 0 saturated carbocycles. The van der Waals surface area contributed by atoms with Gasteiger partial charge in [0, 0.05) is 12.5 Å². The fraction of sp³-hybridized carbons (Fsp3) is 0.143. The number of hydrogen-bond donors (Lipinski definition) is 2. The zero-order chi connectivity index (χ0) is 13.1. The van der Waals surface area contributed by atoms with Crippen LogP contribution < -0.4 is 0 Å². The zero-order valence-electron chi connectivity index (χ0n) is 9.48. The summed E-state index contributed by atoms with van der Waals surface area (Å²) < 4.78 is 26.0. The van der Waals surface area contributed by atoms with Gasteiger partial charge in [-0.15, -0.1) is 0 Å². The van der Waals surface area contributed by atoms with Gasteiger partial charge in [0.15, 0.2) is 0 Å². The average molecular weight is 250 g/mol. The lowest BCUT2D eigenvalue weighted by Crippen LogP contribution is -2.03. The standard InChI is InChI=1S/C14H12F2O2/c15-11-6-10(7-12(16)8-11)14(18)5-9-2-1-3-13(17)4-9/h1-4,6-8,14,17-18H,5H2. The second-order valence-electron chi connectivity index (χ2n) is 4.09. The molecule has 2 rings (SSSR count). The van der Waals surface area contributed by atoms with Gasteiger partial charge in [-0.1, -0.05) is 12.1 Å². The zero-order valence-corrected chi connectivity index (χ0v) is 9.48. The number of aliphatic hydroxyl groups excluding tert-OH is 1. The summed E-state index contributed by atoms with van der Waals surface area (Å²) in [4.78, 5) is 0. The van der Waals surface area contributed by atoms with E-state index in [1.54, 1.807) is 12.1 Å². The van der Waals surface area contributed by atoms with Crippen molar-refractivity contribution in [1.82, 2.24) is 0 Å². The first-order valence-corrected chi connectivity index (χ1v) is 5.46. The Kier molecular flexibility index (Phi) is 3.58. The summed E-state index contributed by atoms with van der Waals surface area (Å²) in [7, 11) is 0. The Morgan fingerprint density at radius 1 is 1.00 bits per heavy atom. The Morgan fingerprint density at radius 2 is 1.67 bits per heavy atom. The van der Waals surface area contributed by atoms with E-state index >= 15 is 0 Å². The van der Waals surface area contributed by atoms with Crippen molar-refractivity contribution in [2.75, 3.05) is 0 Å². The van der Waals surface area contributed by atoms with Gasteiger partial charge in [0.1, 0.15) is 17.4 Å². The van der Waals surface area contributed by atoms with Crippen LogP contribution in [-0.2, 0) is 6.42 Å². The monoisotopic (exact) mass is 250 g/mol. The predicted molar refractivity (Wildman–Crippen MR) is 63.1 cm³/mol. The number of phenolic OH excluding ortho intramolecular Hbond substituents is 1. The van der Waals surface area contributed by atoms with Crippen molar-refractivity contribution in [3.8, 4) is 5.75 Å². The molecule has 0 spiro atoms. The Bertz CT molecular complexity index is 535. The molecule has 2 N–H and O–H groups in total. The molecular formula is C14H12F2O2. The summed E-state index contributed by atoms with van der Waals surface area (Å²) in [5, 5.41) is 19.2. The van der Waals surface area contributed by atoms with E-state index in [4.69, 9.17) is 0 Å². The van der Waals surface area contributed by atoms with Crippen molar-refractivity contribution in [3.63, 3.8) is 0 Å². The van der Waals surface area contributed by atoms with Gasteiger partial charge in [-0.25, -0.2) is 8.78 Å². The van der Waals surface area contributed by atoms with Crippen LogP contribution >= 0.6 is 0 Å². The first-order chi connectivity index (χ1) is 8.54. The van der Waals surface area contributed by atoms with E-state index in [1.165, 1.54) is 12.1 Å². The Hall–Kier alpha value is -1.94. The maximum atomic E-state index is 13.0. The minimum absolute atomic E-state index is 0.0881. The van der Waals surface area contributed by atoms with E-state index in [9.17, 15) is 19.0 Å². The van der Waals surface area contributed by atoms with Crippen molar-refractivity contribution >= 4 is 0 Å². The minimum atomic E-state index is -1.02. The van der Waals surface area contributed by atoms with Crippen molar-refractivity contribution in [3.05, 3.63) is 65.2 Å². The van der Waals surface area contributed by atoms with E-state index in [0.717, 1.165) is 18.2 Å². The first kappa shape index (κ1) is 12.5. The van der Waals surface area contributed by atoms with E-state index in [1.807, 2.05) is 0 Å². The molecule has 2 aromatic rings. The maximum absolute atomic E-state index is 13.0. The smallest absolute Gasteiger partial charge is 0.126 e. The Balaban J connectivity index is 2.19. The van der Waals surface area contributed by atoms with Crippen LogP contribution in [0.2, 0.25) is 0 Å². The van der Waals surface area contributed by atoms with E-state index in [2.05, 4.69) is 0 Å². The SMILES string of the molecule is Oc1cccc(CC(O)c2cc(F)cc(F)c2)c1. The largest absolute Gasteiger partial charge is 0.508 e. The van der Waals surface area contributed by atoms with Gasteiger partial charge in [0.2, 0.25) is 0 Å². The summed E-state index contributed by atoms with van der Waals surface area (Å²) in [6.07, 6.45) is -0.839. The van der Waals surface area contributed by atoms with Crippen LogP contribution in [0.15, 0.2) is 42.5 Å². The molecule has 0 amide bonds. The molecule has 0 aromatic heterocycles. The highest BCUT2D eigenvalue weighted by Gasteiger charge is 2.11. The van der Waals surface area contributed by atoms with Gasteiger partial charge in [-0.05, 0) is 35.4 Å². The normalized spacial score (nSPS) is 12.4. The number of rotatable bonds is 3. The van der Waals surface area contributed by atoms with Crippen LogP contribution in [0.4, 0.5) is 8.78 Å². The number of halogens is 2. The molecule has 94 valence electrons. The van der Waals surface area contributed by atoms with Gasteiger partial charge < -0.3 is 10.2 Å². The van der Waals surface area contributed by atoms with Crippen molar-refractivity contribution < 1.29 is 19.0 Å². The third-order valence-electron chi connectivity index (χ3n) is 2.61. The lowest BCUT2D eigenvalue weighted by Gasteiger charge is -2.11. The van der Waals surface area contributed by atoms with Gasteiger partial charge in [0.25, 0.3) is 0 Å². The number of benzene rings is 2. The summed E-state index contributed by atoms with van der Waals surface area (Å²) in [5.41, 5.74) is 0.864. The van der Waals surface area contributed by atoms with Crippen molar-refractivity contribution in [2.24, 2.45) is 0 Å². The first-order valence-electron chi connectivity index (χ1n) is 5.46. The molecule has 2 aromatic carbocycles. The molecule has 0 bridgehead atoms. The van der Waals surface area contributed by atoms with Crippen LogP contribution in [-0.4, -0.2) is 10.2 Å². The highest BCUT2D eigenvalue weighted by molar-refractivity contribution is 5.29. The molecule has 4 heteroatoms. The van der Waals surface area contributed by atoms with Crippen molar-refractivity contribution in [2.45, 2.75) is 12.5 Å². The average Bonchev–Trinajstić information content (AvgIpc) is 2.27. The molecule has 0 fully saturated rings. The van der Waals surface area contributed by atoms with E-state index in [0.29, 0.717) is 5.56 Å². The van der Waals surface area contributed by atoms with Crippen molar-refractivity contribution in [1.29, 1.82) is 0 Å². The number of aliphatic hydroxyl groups is 1. The quantitative estimate of drug-likeness (QED) is 0.879. The fourth-order valence-corrected chi connectivity index (χ4v) is 1.79. The number of phenols is 1. The van der Waals surface area contributed by atoms with Crippen LogP contribution in [0, 0.1) is 11.6 Å². The molecule has 1 unspecified atom stereocenters. The third kappa shape index (κ3) is 3.05. The van der Waals surface area contributed by atoms with Crippen LogP contribution in [0.5, 0.6) is 5.75 Å². The molecule has 0 aliphatic rings. The Labute approximate surface area is 103 Å². The molecule has 0 radical (unpaired) electrons. The molecule has 18 heavy (non-hydrogen) atoms. The Morgan fingerprint density at radius 3 is 2.28 bits per heavy atom. The molecule has 0 heterocycles. The van der Waals surface area contributed by atoms with Gasteiger partial charge in [-0.3, -0.25) is 0 Å².